The average Bonchev–Trinajstić information content (AvgIpc) is 2.55. The Morgan fingerprint density at radius 1 is 1.00 bits per heavy atom. The van der Waals surface area contributed by atoms with Crippen LogP contribution in [0.1, 0.15) is 5.69 Å². The standard InChI is InChI=1S/C17H15N3O3S/c1-12-11-16(21)19-17(18-12)13-7-9-14(10-8-13)20-24(22,23)15-5-3-2-4-6-15/h2-11,20H,1H3,(H,18,19,21). The number of rotatable bonds is 4. The summed E-state index contributed by atoms with van der Waals surface area (Å²) in [5, 5.41) is 0. The lowest BCUT2D eigenvalue weighted by Crippen LogP contribution is -2.12. The largest absolute Gasteiger partial charge is 0.307 e. The molecule has 0 spiro atoms. The molecule has 0 bridgehead atoms. The van der Waals surface area contributed by atoms with Gasteiger partial charge in [0.1, 0.15) is 5.82 Å². The Labute approximate surface area is 139 Å². The monoisotopic (exact) mass is 341 g/mol. The fraction of sp³-hybridized carbons (Fsp3) is 0.0588. The second-order valence-electron chi connectivity index (χ2n) is 5.23. The molecule has 0 fully saturated rings. The Morgan fingerprint density at radius 3 is 2.29 bits per heavy atom. The molecule has 122 valence electrons. The number of anilines is 1. The first-order chi connectivity index (χ1) is 11.4. The maximum Gasteiger partial charge on any atom is 0.261 e. The normalized spacial score (nSPS) is 11.2. The van der Waals surface area contributed by atoms with Gasteiger partial charge in [-0.3, -0.25) is 9.52 Å². The fourth-order valence-corrected chi connectivity index (χ4v) is 3.31. The molecule has 0 aliphatic heterocycles. The maximum atomic E-state index is 12.3. The summed E-state index contributed by atoms with van der Waals surface area (Å²) in [6.45, 7) is 1.74. The molecular weight excluding hydrogens is 326 g/mol. The molecule has 1 aromatic heterocycles. The predicted octanol–water partition coefficient (Wildman–Crippen LogP) is 2.55. The van der Waals surface area contributed by atoms with E-state index in [1.807, 2.05) is 0 Å². The van der Waals surface area contributed by atoms with Crippen molar-refractivity contribution in [3.8, 4) is 11.4 Å². The van der Waals surface area contributed by atoms with Crippen molar-refractivity contribution in [2.75, 3.05) is 4.72 Å². The van der Waals surface area contributed by atoms with Gasteiger partial charge in [-0.25, -0.2) is 13.4 Å². The molecule has 24 heavy (non-hydrogen) atoms. The number of aromatic nitrogens is 2. The molecule has 0 saturated heterocycles. The Morgan fingerprint density at radius 2 is 1.67 bits per heavy atom. The fourth-order valence-electron chi connectivity index (χ4n) is 2.23. The van der Waals surface area contributed by atoms with Crippen LogP contribution in [-0.4, -0.2) is 18.4 Å². The highest BCUT2D eigenvalue weighted by Crippen LogP contribution is 2.20. The Balaban J connectivity index is 1.86. The Bertz CT molecular complexity index is 1010. The highest BCUT2D eigenvalue weighted by atomic mass is 32.2. The highest BCUT2D eigenvalue weighted by molar-refractivity contribution is 7.92. The number of aryl methyl sites for hydroxylation is 1. The van der Waals surface area contributed by atoms with Gasteiger partial charge in [-0.15, -0.1) is 0 Å². The minimum Gasteiger partial charge on any atom is -0.307 e. The summed E-state index contributed by atoms with van der Waals surface area (Å²) >= 11 is 0. The molecule has 0 aliphatic rings. The molecule has 0 radical (unpaired) electrons. The van der Waals surface area contributed by atoms with E-state index in [4.69, 9.17) is 0 Å². The molecule has 3 aromatic rings. The van der Waals surface area contributed by atoms with Gasteiger partial charge in [-0.2, -0.15) is 0 Å². The van der Waals surface area contributed by atoms with Crippen LogP contribution in [0.3, 0.4) is 0 Å². The van der Waals surface area contributed by atoms with E-state index < -0.39 is 10.0 Å². The van der Waals surface area contributed by atoms with E-state index in [1.165, 1.54) is 18.2 Å². The summed E-state index contributed by atoms with van der Waals surface area (Å²) < 4.78 is 27.1. The predicted molar refractivity (Wildman–Crippen MR) is 92.3 cm³/mol. The van der Waals surface area contributed by atoms with Gasteiger partial charge in [0.2, 0.25) is 0 Å². The summed E-state index contributed by atoms with van der Waals surface area (Å²) in [5.41, 5.74) is 1.50. The number of hydrogen-bond donors (Lipinski definition) is 2. The third-order valence-corrected chi connectivity index (χ3v) is 4.73. The first kappa shape index (κ1) is 15.9. The summed E-state index contributed by atoms with van der Waals surface area (Å²) in [6, 6.07) is 16.2. The van der Waals surface area contributed by atoms with Gasteiger partial charge in [0, 0.05) is 23.0 Å². The molecule has 3 rings (SSSR count). The summed E-state index contributed by atoms with van der Waals surface area (Å²) in [7, 11) is -3.63. The number of sulfonamides is 1. The van der Waals surface area contributed by atoms with Crippen LogP contribution in [0, 0.1) is 6.92 Å². The van der Waals surface area contributed by atoms with E-state index in [2.05, 4.69) is 14.7 Å². The third-order valence-electron chi connectivity index (χ3n) is 3.33. The van der Waals surface area contributed by atoms with Crippen LogP contribution in [0.4, 0.5) is 5.69 Å². The molecular formula is C17H15N3O3S. The van der Waals surface area contributed by atoms with Crippen LogP contribution in [0.5, 0.6) is 0 Å². The third kappa shape index (κ3) is 3.52. The number of nitrogens with one attached hydrogen (secondary N) is 2. The van der Waals surface area contributed by atoms with Gasteiger partial charge < -0.3 is 4.98 Å². The molecule has 0 aliphatic carbocycles. The van der Waals surface area contributed by atoms with Crippen LogP contribution < -0.4 is 10.3 Å². The van der Waals surface area contributed by atoms with Gasteiger partial charge in [-0.05, 0) is 43.3 Å². The Hall–Kier alpha value is -2.93. The molecule has 0 saturated carbocycles. The maximum absolute atomic E-state index is 12.3. The Kier molecular flexibility index (Phi) is 4.18. The van der Waals surface area contributed by atoms with Crippen molar-refractivity contribution in [2.45, 2.75) is 11.8 Å². The zero-order chi connectivity index (χ0) is 17.2. The van der Waals surface area contributed by atoms with E-state index in [0.717, 1.165) is 0 Å². The lowest BCUT2D eigenvalue weighted by molar-refractivity contribution is 0.601. The summed E-state index contributed by atoms with van der Waals surface area (Å²) in [4.78, 5) is 18.6. The second kappa shape index (κ2) is 6.29. The van der Waals surface area contributed by atoms with Crippen molar-refractivity contribution in [1.82, 2.24) is 9.97 Å². The van der Waals surface area contributed by atoms with Crippen molar-refractivity contribution in [2.24, 2.45) is 0 Å². The first-order valence-electron chi connectivity index (χ1n) is 7.20. The van der Waals surface area contributed by atoms with E-state index in [-0.39, 0.29) is 10.5 Å². The van der Waals surface area contributed by atoms with Gasteiger partial charge in [0.25, 0.3) is 15.6 Å². The molecule has 2 aromatic carbocycles. The van der Waals surface area contributed by atoms with Gasteiger partial charge in [0.05, 0.1) is 4.90 Å². The van der Waals surface area contributed by atoms with E-state index in [1.54, 1.807) is 49.4 Å². The van der Waals surface area contributed by atoms with E-state index >= 15 is 0 Å². The molecule has 2 N–H and O–H groups in total. The minimum absolute atomic E-state index is 0.193. The number of hydrogen-bond acceptors (Lipinski definition) is 4. The van der Waals surface area contributed by atoms with Crippen molar-refractivity contribution in [3.63, 3.8) is 0 Å². The second-order valence-corrected chi connectivity index (χ2v) is 6.91. The molecule has 1 heterocycles. The average molecular weight is 341 g/mol. The van der Waals surface area contributed by atoms with Crippen LogP contribution >= 0.6 is 0 Å². The molecule has 0 atom stereocenters. The quantitative estimate of drug-likeness (QED) is 0.763. The number of nitrogens with zero attached hydrogens (tertiary/aromatic N) is 1. The van der Waals surface area contributed by atoms with E-state index in [0.29, 0.717) is 22.8 Å². The van der Waals surface area contributed by atoms with Crippen molar-refractivity contribution < 1.29 is 8.42 Å². The molecule has 0 unspecified atom stereocenters. The topological polar surface area (TPSA) is 91.9 Å². The van der Waals surface area contributed by atoms with Crippen molar-refractivity contribution in [1.29, 1.82) is 0 Å². The minimum atomic E-state index is -3.63. The van der Waals surface area contributed by atoms with Crippen LogP contribution in [0.15, 0.2) is 70.4 Å². The van der Waals surface area contributed by atoms with Gasteiger partial charge in [-0.1, -0.05) is 18.2 Å². The zero-order valence-electron chi connectivity index (χ0n) is 12.9. The lowest BCUT2D eigenvalue weighted by atomic mass is 10.2. The van der Waals surface area contributed by atoms with Crippen LogP contribution in [0.2, 0.25) is 0 Å². The van der Waals surface area contributed by atoms with E-state index in [9.17, 15) is 13.2 Å². The number of benzene rings is 2. The number of H-pyrrole nitrogens is 1. The van der Waals surface area contributed by atoms with Crippen molar-refractivity contribution in [3.05, 3.63) is 76.7 Å². The highest BCUT2D eigenvalue weighted by Gasteiger charge is 2.13. The summed E-state index contributed by atoms with van der Waals surface area (Å²) in [6.07, 6.45) is 0. The zero-order valence-corrected chi connectivity index (χ0v) is 13.7. The van der Waals surface area contributed by atoms with Crippen LogP contribution in [0.25, 0.3) is 11.4 Å². The molecule has 0 amide bonds. The number of aromatic amines is 1. The smallest absolute Gasteiger partial charge is 0.261 e. The van der Waals surface area contributed by atoms with Gasteiger partial charge in [0.15, 0.2) is 0 Å². The lowest BCUT2D eigenvalue weighted by Gasteiger charge is -2.09. The van der Waals surface area contributed by atoms with Crippen molar-refractivity contribution >= 4 is 15.7 Å². The first-order valence-corrected chi connectivity index (χ1v) is 8.69. The molecule has 6 nitrogen and oxygen atoms in total. The van der Waals surface area contributed by atoms with Gasteiger partial charge >= 0.3 is 0 Å². The molecule has 7 heteroatoms. The summed E-state index contributed by atoms with van der Waals surface area (Å²) in [5.74, 6) is 0.442. The van der Waals surface area contributed by atoms with Crippen LogP contribution in [-0.2, 0) is 10.0 Å². The SMILES string of the molecule is Cc1cc(=O)[nH]c(-c2ccc(NS(=O)(=O)c3ccccc3)cc2)n1.